The lowest BCUT2D eigenvalue weighted by Gasteiger charge is -2.28. The Bertz CT molecular complexity index is 791. The Morgan fingerprint density at radius 3 is 2.72 bits per heavy atom. The van der Waals surface area contributed by atoms with E-state index in [0.29, 0.717) is 24.6 Å². The van der Waals surface area contributed by atoms with Crippen molar-refractivity contribution in [3.63, 3.8) is 0 Å². The van der Waals surface area contributed by atoms with Crippen molar-refractivity contribution in [2.45, 2.75) is 50.0 Å². The van der Waals surface area contributed by atoms with Crippen molar-refractivity contribution in [3.05, 3.63) is 24.0 Å². The van der Waals surface area contributed by atoms with Crippen LogP contribution in [0.2, 0.25) is 0 Å². The summed E-state index contributed by atoms with van der Waals surface area (Å²) in [7, 11) is -3.73. The van der Waals surface area contributed by atoms with Gasteiger partial charge in [0.1, 0.15) is 10.6 Å². The van der Waals surface area contributed by atoms with E-state index in [4.69, 9.17) is 5.14 Å². The predicted octanol–water partition coefficient (Wildman–Crippen LogP) is 2.03. The number of hydrogen-bond donors (Lipinski definition) is 2. The van der Waals surface area contributed by atoms with E-state index >= 15 is 0 Å². The molecule has 0 spiro atoms. The van der Waals surface area contributed by atoms with Gasteiger partial charge in [-0.15, -0.1) is 0 Å². The van der Waals surface area contributed by atoms with E-state index < -0.39 is 16.1 Å². The number of carbonyl (C=O) groups is 1. The third-order valence-corrected chi connectivity index (χ3v) is 5.28. The van der Waals surface area contributed by atoms with Gasteiger partial charge in [-0.25, -0.2) is 23.3 Å². The average molecular weight is 365 g/mol. The standard InChI is InChI=1S/C17H23N3O4S/c1-17(2)10-13(12-20(17)16(21)22)6-4-3-5-7-14-8-9-15(11-19-14)25(18,23)24/h8-9,11,13H,3-4,6,10,12H2,1-2H3,(H,21,22)(H2,18,23,24). The second-order valence-electron chi connectivity index (χ2n) is 6.89. The third kappa shape index (κ3) is 5.18. The number of rotatable bonds is 4. The molecule has 2 rings (SSSR count). The second kappa shape index (κ2) is 7.42. The van der Waals surface area contributed by atoms with E-state index in [2.05, 4.69) is 16.8 Å². The molecule has 0 bridgehead atoms. The summed E-state index contributed by atoms with van der Waals surface area (Å²) in [5.74, 6) is 6.27. The molecular formula is C17H23N3O4S. The number of nitrogens with two attached hydrogens (primary N) is 1. The van der Waals surface area contributed by atoms with Gasteiger partial charge in [0.05, 0.1) is 0 Å². The lowest BCUT2D eigenvalue weighted by molar-refractivity contribution is 0.117. The Kier molecular flexibility index (Phi) is 5.70. The van der Waals surface area contributed by atoms with E-state index in [9.17, 15) is 18.3 Å². The fraction of sp³-hybridized carbons (Fsp3) is 0.529. The summed E-state index contributed by atoms with van der Waals surface area (Å²) in [5.41, 5.74) is 0.184. The molecule has 1 atom stereocenters. The highest BCUT2D eigenvalue weighted by molar-refractivity contribution is 7.89. The highest BCUT2D eigenvalue weighted by Crippen LogP contribution is 2.35. The number of aromatic nitrogens is 1. The van der Waals surface area contributed by atoms with Crippen LogP contribution in [0.1, 0.15) is 45.2 Å². The molecule has 0 aliphatic carbocycles. The number of carboxylic acid groups (broad SMARTS) is 1. The van der Waals surface area contributed by atoms with Crippen molar-refractivity contribution in [1.29, 1.82) is 0 Å². The monoisotopic (exact) mass is 365 g/mol. The maximum Gasteiger partial charge on any atom is 0.407 e. The van der Waals surface area contributed by atoms with Crippen LogP contribution in [0.5, 0.6) is 0 Å². The van der Waals surface area contributed by atoms with Crippen molar-refractivity contribution < 1.29 is 18.3 Å². The van der Waals surface area contributed by atoms with Gasteiger partial charge < -0.3 is 10.0 Å². The molecule has 8 heteroatoms. The van der Waals surface area contributed by atoms with Gasteiger partial charge in [-0.1, -0.05) is 5.92 Å². The van der Waals surface area contributed by atoms with Gasteiger partial charge in [-0.05, 0) is 57.1 Å². The lowest BCUT2D eigenvalue weighted by atomic mass is 9.93. The van der Waals surface area contributed by atoms with Crippen molar-refractivity contribution in [1.82, 2.24) is 9.88 Å². The van der Waals surface area contributed by atoms with E-state index in [0.717, 1.165) is 19.3 Å². The number of pyridine rings is 1. The maximum atomic E-state index is 11.2. The number of amides is 1. The summed E-state index contributed by atoms with van der Waals surface area (Å²) in [6, 6.07) is 2.91. The first-order chi connectivity index (χ1) is 11.6. The molecule has 7 nitrogen and oxygen atoms in total. The smallest absolute Gasteiger partial charge is 0.407 e. The minimum atomic E-state index is -3.73. The SMILES string of the molecule is CC1(C)CC(CCCC#Cc2ccc(S(N)(=O)=O)cn2)CN1C(=O)O. The minimum absolute atomic E-state index is 0.0371. The third-order valence-electron chi connectivity index (χ3n) is 4.39. The molecule has 1 unspecified atom stereocenters. The molecule has 1 fully saturated rings. The summed E-state index contributed by atoms with van der Waals surface area (Å²) >= 11 is 0. The van der Waals surface area contributed by atoms with Crippen LogP contribution in [-0.4, -0.2) is 41.6 Å². The normalized spacial score (nSPS) is 19.3. The Hall–Kier alpha value is -2.11. The average Bonchev–Trinajstić information content (AvgIpc) is 2.81. The number of hydrogen-bond acceptors (Lipinski definition) is 4. The fourth-order valence-corrected chi connectivity index (χ4v) is 3.63. The topological polar surface area (TPSA) is 114 Å². The fourth-order valence-electron chi connectivity index (χ4n) is 3.17. The van der Waals surface area contributed by atoms with Crippen LogP contribution >= 0.6 is 0 Å². The van der Waals surface area contributed by atoms with Crippen LogP contribution in [0.3, 0.4) is 0 Å². The van der Waals surface area contributed by atoms with E-state index in [1.54, 1.807) is 0 Å². The molecule has 25 heavy (non-hydrogen) atoms. The number of unbranched alkanes of at least 4 members (excludes halogenated alkanes) is 1. The van der Waals surface area contributed by atoms with Crippen LogP contribution < -0.4 is 5.14 Å². The molecule has 0 saturated carbocycles. The second-order valence-corrected chi connectivity index (χ2v) is 8.46. The van der Waals surface area contributed by atoms with E-state index in [-0.39, 0.29) is 10.4 Å². The Morgan fingerprint density at radius 1 is 1.48 bits per heavy atom. The van der Waals surface area contributed by atoms with Crippen LogP contribution in [0.15, 0.2) is 23.2 Å². The molecule has 1 aromatic heterocycles. The molecule has 2 heterocycles. The zero-order valence-corrected chi connectivity index (χ0v) is 15.2. The van der Waals surface area contributed by atoms with Gasteiger partial charge in [0.2, 0.25) is 10.0 Å². The van der Waals surface area contributed by atoms with E-state index in [1.165, 1.54) is 23.2 Å². The zero-order valence-electron chi connectivity index (χ0n) is 14.4. The van der Waals surface area contributed by atoms with Gasteiger partial charge >= 0.3 is 6.09 Å². The number of primary sulfonamides is 1. The van der Waals surface area contributed by atoms with Crippen molar-refractivity contribution in [2.24, 2.45) is 11.1 Å². The molecule has 1 amide bonds. The van der Waals surface area contributed by atoms with Crippen molar-refractivity contribution >= 4 is 16.1 Å². The highest BCUT2D eigenvalue weighted by Gasteiger charge is 2.40. The molecule has 0 aromatic carbocycles. The molecule has 136 valence electrons. The maximum absolute atomic E-state index is 11.2. The molecular weight excluding hydrogens is 342 g/mol. The van der Waals surface area contributed by atoms with Crippen LogP contribution in [0, 0.1) is 17.8 Å². The van der Waals surface area contributed by atoms with Gasteiger partial charge in [-0.3, -0.25) is 0 Å². The number of sulfonamides is 1. The summed E-state index contributed by atoms with van der Waals surface area (Å²) in [5, 5.41) is 14.2. The van der Waals surface area contributed by atoms with Crippen molar-refractivity contribution in [2.75, 3.05) is 6.54 Å². The number of likely N-dealkylation sites (tertiary alicyclic amines) is 1. The molecule has 1 aliphatic heterocycles. The number of nitrogens with zero attached hydrogens (tertiary/aromatic N) is 2. The first kappa shape index (κ1) is 19.2. The lowest BCUT2D eigenvalue weighted by Crippen LogP contribution is -2.41. The summed E-state index contributed by atoms with van der Waals surface area (Å²) in [4.78, 5) is 16.7. The van der Waals surface area contributed by atoms with Gasteiger partial charge in [0.25, 0.3) is 0 Å². The largest absolute Gasteiger partial charge is 0.465 e. The van der Waals surface area contributed by atoms with Crippen molar-refractivity contribution in [3.8, 4) is 11.8 Å². The molecule has 1 saturated heterocycles. The Morgan fingerprint density at radius 2 is 2.20 bits per heavy atom. The molecule has 3 N–H and O–H groups in total. The van der Waals surface area contributed by atoms with Crippen LogP contribution in [0.25, 0.3) is 0 Å². The Balaban J connectivity index is 1.81. The first-order valence-corrected chi connectivity index (χ1v) is 9.62. The van der Waals surface area contributed by atoms with Gasteiger partial charge in [-0.2, -0.15) is 0 Å². The van der Waals surface area contributed by atoms with Gasteiger partial charge in [0, 0.05) is 24.7 Å². The quantitative estimate of drug-likeness (QED) is 0.626. The van der Waals surface area contributed by atoms with E-state index in [1.807, 2.05) is 13.8 Å². The summed E-state index contributed by atoms with van der Waals surface area (Å²) in [6.45, 7) is 4.49. The molecule has 1 aromatic rings. The molecule has 0 radical (unpaired) electrons. The highest BCUT2D eigenvalue weighted by atomic mass is 32.2. The molecule has 1 aliphatic rings. The van der Waals surface area contributed by atoms with Crippen LogP contribution in [-0.2, 0) is 10.0 Å². The minimum Gasteiger partial charge on any atom is -0.465 e. The zero-order chi connectivity index (χ0) is 18.7. The predicted molar refractivity (Wildman–Crippen MR) is 93.3 cm³/mol. The van der Waals surface area contributed by atoms with Crippen LogP contribution in [0.4, 0.5) is 4.79 Å². The summed E-state index contributed by atoms with van der Waals surface area (Å²) < 4.78 is 22.3. The Labute approximate surface area is 148 Å². The van der Waals surface area contributed by atoms with Gasteiger partial charge in [0.15, 0.2) is 0 Å². The first-order valence-electron chi connectivity index (χ1n) is 8.08. The summed E-state index contributed by atoms with van der Waals surface area (Å²) in [6.07, 6.45) is 3.70.